The van der Waals surface area contributed by atoms with E-state index >= 15 is 0 Å². The first-order valence-corrected chi connectivity index (χ1v) is 14.5. The van der Waals surface area contributed by atoms with E-state index in [1.165, 1.54) is 0 Å². The Morgan fingerprint density at radius 3 is 1.60 bits per heavy atom. The fourth-order valence-electron chi connectivity index (χ4n) is 7.08. The topological polar surface area (TPSA) is 36.9 Å². The molecular formula is C37H24B2O4. The summed E-state index contributed by atoms with van der Waals surface area (Å²) in [5, 5.41) is 0. The van der Waals surface area contributed by atoms with Gasteiger partial charge in [0.1, 0.15) is 40.2 Å². The molecule has 0 radical (unpaired) electrons. The Hall–Kier alpha value is -5.35. The van der Waals surface area contributed by atoms with Gasteiger partial charge in [0.2, 0.25) is 0 Å². The quantitative estimate of drug-likeness (QED) is 0.206. The minimum atomic E-state index is -0.0431. The molecule has 6 heteroatoms. The maximum absolute atomic E-state index is 6.78. The van der Waals surface area contributed by atoms with Crippen LogP contribution in [0.2, 0.25) is 0 Å². The number of para-hydroxylation sites is 3. The molecule has 4 heterocycles. The number of hydrogen-bond acceptors (Lipinski definition) is 4. The second-order valence-electron chi connectivity index (χ2n) is 11.2. The van der Waals surface area contributed by atoms with Crippen LogP contribution in [0.25, 0.3) is 11.1 Å². The summed E-state index contributed by atoms with van der Waals surface area (Å²) >= 11 is 0. The molecule has 0 unspecified atom stereocenters. The molecule has 0 saturated carbocycles. The van der Waals surface area contributed by atoms with Crippen molar-refractivity contribution in [2.45, 2.75) is 6.92 Å². The van der Waals surface area contributed by atoms with Crippen molar-refractivity contribution in [2.24, 2.45) is 0 Å². The number of allylic oxidation sites excluding steroid dienone is 5. The third kappa shape index (κ3) is 3.41. The molecule has 0 aromatic heterocycles. The predicted octanol–water partition coefficient (Wildman–Crippen LogP) is 5.74. The van der Waals surface area contributed by atoms with Crippen LogP contribution in [0.5, 0.6) is 40.2 Å². The molecule has 0 N–H and O–H groups in total. The maximum atomic E-state index is 6.78. The maximum Gasteiger partial charge on any atom is 0.260 e. The Morgan fingerprint density at radius 1 is 0.535 bits per heavy atom. The van der Waals surface area contributed by atoms with Gasteiger partial charge in [0.05, 0.1) is 5.76 Å². The minimum Gasteiger partial charge on any atom is -0.463 e. The highest BCUT2D eigenvalue weighted by atomic mass is 16.5. The Balaban J connectivity index is 1.30. The zero-order valence-corrected chi connectivity index (χ0v) is 23.5. The lowest BCUT2D eigenvalue weighted by Crippen LogP contribution is -2.57. The lowest BCUT2D eigenvalue weighted by Gasteiger charge is -2.36. The molecule has 0 bridgehead atoms. The Labute approximate surface area is 250 Å². The van der Waals surface area contributed by atoms with Gasteiger partial charge >= 0.3 is 0 Å². The van der Waals surface area contributed by atoms with E-state index in [0.717, 1.165) is 89.9 Å². The average Bonchev–Trinajstić information content (AvgIpc) is 3.04. The molecule has 4 aliphatic heterocycles. The Morgan fingerprint density at radius 2 is 1.02 bits per heavy atom. The lowest BCUT2D eigenvalue weighted by atomic mass is 9.34. The summed E-state index contributed by atoms with van der Waals surface area (Å²) in [6.07, 6.45) is 5.85. The summed E-state index contributed by atoms with van der Waals surface area (Å²) in [6.45, 7) is 5.86. The van der Waals surface area contributed by atoms with Gasteiger partial charge in [0.15, 0.2) is 0 Å². The highest BCUT2D eigenvalue weighted by molar-refractivity contribution is 6.98. The van der Waals surface area contributed by atoms with E-state index in [-0.39, 0.29) is 13.4 Å². The third-order valence-corrected chi connectivity index (χ3v) is 8.91. The molecule has 0 saturated heterocycles. The number of fused-ring (bicyclic) bond motifs is 6. The third-order valence-electron chi connectivity index (χ3n) is 8.91. The van der Waals surface area contributed by atoms with Gasteiger partial charge in [-0.2, -0.15) is 0 Å². The van der Waals surface area contributed by atoms with Gasteiger partial charge in [-0.1, -0.05) is 79.4 Å². The van der Waals surface area contributed by atoms with Crippen molar-refractivity contribution in [1.29, 1.82) is 0 Å². The summed E-state index contributed by atoms with van der Waals surface area (Å²) in [5.74, 6) is 6.63. The molecule has 0 amide bonds. The lowest BCUT2D eigenvalue weighted by molar-refractivity contribution is 0.419. The molecule has 0 spiro atoms. The van der Waals surface area contributed by atoms with Crippen molar-refractivity contribution < 1.29 is 18.9 Å². The molecule has 43 heavy (non-hydrogen) atoms. The van der Waals surface area contributed by atoms with E-state index in [1.54, 1.807) is 6.08 Å². The molecule has 0 atom stereocenters. The highest BCUT2D eigenvalue weighted by Gasteiger charge is 2.44. The largest absolute Gasteiger partial charge is 0.463 e. The standard InChI is InChI=1S/C37H24B2O4/c1-3-4-11-25-22(2)40-32-20-18-23(36-34(32)38(25)27-13-6-9-16-30(27)42-36)24-19-21-33-35-37(24)43-31-17-10-7-14-28(31)39(35)26-12-5-8-15-29(26)41-33/h3-21H,1H2,2H3/b11-4-. The van der Waals surface area contributed by atoms with Crippen LogP contribution < -0.4 is 46.3 Å². The first-order valence-electron chi connectivity index (χ1n) is 14.5. The second kappa shape index (κ2) is 9.07. The van der Waals surface area contributed by atoms with Crippen molar-refractivity contribution in [3.05, 3.63) is 133 Å². The van der Waals surface area contributed by atoms with Gasteiger partial charge in [0.25, 0.3) is 13.4 Å². The normalized spacial score (nSPS) is 14.7. The Kier molecular flexibility index (Phi) is 5.12. The smallest absolute Gasteiger partial charge is 0.260 e. The van der Waals surface area contributed by atoms with Gasteiger partial charge < -0.3 is 18.9 Å². The fraction of sp³-hybridized carbons (Fsp3) is 0.0270. The minimum absolute atomic E-state index is 0.00668. The molecule has 0 aliphatic carbocycles. The van der Waals surface area contributed by atoms with Gasteiger partial charge in [-0.25, -0.2) is 0 Å². The van der Waals surface area contributed by atoms with Gasteiger partial charge in [-0.15, -0.1) is 0 Å². The zero-order valence-electron chi connectivity index (χ0n) is 23.5. The Bertz CT molecular complexity index is 2080. The van der Waals surface area contributed by atoms with Crippen molar-refractivity contribution in [1.82, 2.24) is 0 Å². The summed E-state index contributed by atoms with van der Waals surface area (Å²) in [5.41, 5.74) is 8.42. The molecule has 4 aliphatic rings. The van der Waals surface area contributed by atoms with E-state index in [1.807, 2.05) is 49.4 Å². The van der Waals surface area contributed by atoms with Crippen LogP contribution in [-0.4, -0.2) is 13.4 Å². The zero-order chi connectivity index (χ0) is 28.7. The molecule has 0 fully saturated rings. The highest BCUT2D eigenvalue weighted by Crippen LogP contribution is 2.46. The van der Waals surface area contributed by atoms with E-state index in [2.05, 4.69) is 73.3 Å². The average molecular weight is 554 g/mol. The molecule has 4 nitrogen and oxygen atoms in total. The molecular weight excluding hydrogens is 530 g/mol. The van der Waals surface area contributed by atoms with Crippen LogP contribution in [0.4, 0.5) is 0 Å². The molecule has 5 aromatic carbocycles. The summed E-state index contributed by atoms with van der Waals surface area (Å²) < 4.78 is 26.4. The summed E-state index contributed by atoms with van der Waals surface area (Å²) in [4.78, 5) is 0. The number of ether oxygens (including phenoxy) is 4. The van der Waals surface area contributed by atoms with E-state index in [0.29, 0.717) is 0 Å². The van der Waals surface area contributed by atoms with E-state index in [9.17, 15) is 0 Å². The van der Waals surface area contributed by atoms with Gasteiger partial charge in [0, 0.05) is 22.1 Å². The van der Waals surface area contributed by atoms with Crippen molar-refractivity contribution in [3.8, 4) is 51.4 Å². The van der Waals surface area contributed by atoms with Crippen LogP contribution in [0, 0.1) is 0 Å². The molecule has 9 rings (SSSR count). The van der Waals surface area contributed by atoms with Crippen molar-refractivity contribution in [2.75, 3.05) is 0 Å². The van der Waals surface area contributed by atoms with Gasteiger partial charge in [-0.05, 0) is 71.2 Å². The van der Waals surface area contributed by atoms with Crippen molar-refractivity contribution in [3.63, 3.8) is 0 Å². The van der Waals surface area contributed by atoms with Crippen molar-refractivity contribution >= 4 is 40.7 Å². The monoisotopic (exact) mass is 554 g/mol. The number of benzene rings is 5. The summed E-state index contributed by atoms with van der Waals surface area (Å²) in [6, 6.07) is 33.1. The molecule has 202 valence electrons. The first-order chi connectivity index (χ1) is 21.2. The summed E-state index contributed by atoms with van der Waals surface area (Å²) in [7, 11) is 0. The van der Waals surface area contributed by atoms with Crippen LogP contribution in [0.3, 0.4) is 0 Å². The van der Waals surface area contributed by atoms with Gasteiger partial charge in [-0.3, -0.25) is 0 Å². The van der Waals surface area contributed by atoms with Crippen LogP contribution >= 0.6 is 0 Å². The van der Waals surface area contributed by atoms with E-state index < -0.39 is 0 Å². The first kappa shape index (κ1) is 24.3. The molecule has 5 aromatic rings. The SMILES string of the molecule is C=C/C=C\C1=C(C)Oc2ccc(-c3ccc4c5c3Oc3ccccc3B5c3ccccc3O4)c3c2B1c1ccccc1O3. The van der Waals surface area contributed by atoms with E-state index in [4.69, 9.17) is 18.9 Å². The second-order valence-corrected chi connectivity index (χ2v) is 11.2. The van der Waals surface area contributed by atoms with Crippen LogP contribution in [-0.2, 0) is 0 Å². The predicted molar refractivity (Wildman–Crippen MR) is 174 cm³/mol. The van der Waals surface area contributed by atoms with Crippen LogP contribution in [0.1, 0.15) is 6.92 Å². The number of hydrogen-bond donors (Lipinski definition) is 0. The number of rotatable bonds is 3. The fourth-order valence-corrected chi connectivity index (χ4v) is 7.08. The van der Waals surface area contributed by atoms with Crippen LogP contribution in [0.15, 0.2) is 133 Å².